The van der Waals surface area contributed by atoms with Crippen LogP contribution in [0.2, 0.25) is 0 Å². The molecule has 0 saturated carbocycles. The van der Waals surface area contributed by atoms with Gasteiger partial charge < -0.3 is 15.6 Å². The summed E-state index contributed by atoms with van der Waals surface area (Å²) >= 11 is 0. The van der Waals surface area contributed by atoms with Gasteiger partial charge in [-0.2, -0.15) is 0 Å². The number of aromatic hydroxyl groups is 1. The van der Waals surface area contributed by atoms with Crippen molar-refractivity contribution in [2.24, 2.45) is 5.73 Å². The average Bonchev–Trinajstić information content (AvgIpc) is 3.48. The molecule has 1 atom stereocenters. The van der Waals surface area contributed by atoms with Gasteiger partial charge >= 0.3 is 0 Å². The lowest BCUT2D eigenvalue weighted by Gasteiger charge is -2.40. The van der Waals surface area contributed by atoms with Crippen molar-refractivity contribution in [2.75, 3.05) is 13.1 Å². The average molecular weight is 549 g/mol. The van der Waals surface area contributed by atoms with Crippen molar-refractivity contribution in [3.8, 4) is 16.9 Å². The molecule has 1 fully saturated rings. The van der Waals surface area contributed by atoms with E-state index >= 15 is 0 Å². The molecular weight excluding hydrogens is 508 g/mol. The van der Waals surface area contributed by atoms with Crippen molar-refractivity contribution in [3.05, 3.63) is 126 Å². The fourth-order valence-corrected chi connectivity index (χ4v) is 6.08. The van der Waals surface area contributed by atoms with Crippen LogP contribution in [0.15, 0.2) is 109 Å². The molecule has 5 nitrogen and oxygen atoms in total. The zero-order chi connectivity index (χ0) is 28.9. The number of hydrogen-bond acceptors (Lipinski definition) is 4. The smallest absolute Gasteiger partial charge is 0.232 e. The summed E-state index contributed by atoms with van der Waals surface area (Å²) in [5.74, 6) is -0.0507. The maximum Gasteiger partial charge on any atom is 0.232 e. The van der Waals surface area contributed by atoms with Gasteiger partial charge in [0.2, 0.25) is 5.91 Å². The summed E-state index contributed by atoms with van der Waals surface area (Å²) in [5, 5.41) is 9.60. The van der Waals surface area contributed by atoms with E-state index < -0.39 is 5.41 Å². The van der Waals surface area contributed by atoms with Crippen LogP contribution in [0.3, 0.4) is 0 Å². The van der Waals surface area contributed by atoms with Gasteiger partial charge in [0.25, 0.3) is 0 Å². The molecule has 5 heteroatoms. The molecule has 212 valence electrons. The molecule has 4 aromatic carbocycles. The third kappa shape index (κ3) is 6.37. The fourth-order valence-electron chi connectivity index (χ4n) is 6.08. The summed E-state index contributed by atoms with van der Waals surface area (Å²) in [6, 6.07) is 35.5. The van der Waals surface area contributed by atoms with Gasteiger partial charge in [0.1, 0.15) is 5.75 Å². The summed E-state index contributed by atoms with van der Waals surface area (Å²) in [6.45, 7) is 6.88. The summed E-state index contributed by atoms with van der Waals surface area (Å²) in [7, 11) is 0. The zero-order valence-electron chi connectivity index (χ0n) is 24.0. The van der Waals surface area contributed by atoms with E-state index in [1.54, 1.807) is 12.1 Å². The second-order valence-electron chi connectivity index (χ2n) is 11.7. The van der Waals surface area contributed by atoms with E-state index in [2.05, 4.69) is 43.0 Å². The SMILES string of the molecule is CC(C)(CCC(C(N)=O)(c1ccccc1)c1ccccc1)N1CC[C@H](OCc2cccc(-c3ccc(O)cc3)c2)C1. The Morgan fingerprint density at radius 2 is 1.49 bits per heavy atom. The second-order valence-corrected chi connectivity index (χ2v) is 11.7. The molecule has 0 bridgehead atoms. The molecule has 1 aliphatic heterocycles. The van der Waals surface area contributed by atoms with E-state index in [0.717, 1.165) is 53.7 Å². The minimum atomic E-state index is -0.891. The first-order valence-corrected chi connectivity index (χ1v) is 14.4. The first-order chi connectivity index (χ1) is 19.8. The number of benzene rings is 4. The highest BCUT2D eigenvalue weighted by Crippen LogP contribution is 2.40. The summed E-state index contributed by atoms with van der Waals surface area (Å²) in [5.41, 5.74) is 10.4. The third-order valence-corrected chi connectivity index (χ3v) is 8.68. The van der Waals surface area contributed by atoms with E-state index in [1.807, 2.05) is 72.8 Å². The Morgan fingerprint density at radius 1 is 0.854 bits per heavy atom. The maximum absolute atomic E-state index is 13.2. The Hall–Kier alpha value is -3.93. The molecule has 0 unspecified atom stereocenters. The molecule has 5 rings (SSSR count). The number of carbonyl (C=O) groups excluding carboxylic acids is 1. The number of primary amides is 1. The minimum Gasteiger partial charge on any atom is -0.508 e. The number of nitrogens with zero attached hydrogens (tertiary/aromatic N) is 1. The number of hydrogen-bond donors (Lipinski definition) is 2. The van der Waals surface area contributed by atoms with Crippen LogP contribution in [0.25, 0.3) is 11.1 Å². The monoisotopic (exact) mass is 548 g/mol. The summed E-state index contributed by atoms with van der Waals surface area (Å²) in [6.07, 6.45) is 2.55. The number of phenolic OH excluding ortho intramolecular Hbond substituents is 1. The van der Waals surface area contributed by atoms with Crippen LogP contribution < -0.4 is 5.73 Å². The topological polar surface area (TPSA) is 75.8 Å². The number of phenols is 1. The second kappa shape index (κ2) is 12.3. The Labute approximate surface area is 243 Å². The molecule has 1 amide bonds. The first-order valence-electron chi connectivity index (χ1n) is 14.4. The van der Waals surface area contributed by atoms with E-state index in [9.17, 15) is 9.90 Å². The van der Waals surface area contributed by atoms with Gasteiger partial charge in [0, 0.05) is 18.6 Å². The quantitative estimate of drug-likeness (QED) is 0.219. The molecule has 0 aromatic heterocycles. The fraction of sp³-hybridized carbons (Fsp3) is 0.306. The number of nitrogens with two attached hydrogens (primary N) is 1. The first kappa shape index (κ1) is 28.6. The Bertz CT molecular complexity index is 1400. The van der Waals surface area contributed by atoms with Crippen LogP contribution in [-0.2, 0) is 21.6 Å². The highest BCUT2D eigenvalue weighted by atomic mass is 16.5. The van der Waals surface area contributed by atoms with Crippen molar-refractivity contribution >= 4 is 5.91 Å². The van der Waals surface area contributed by atoms with Crippen LogP contribution in [0.1, 0.15) is 49.8 Å². The lowest BCUT2D eigenvalue weighted by molar-refractivity contribution is -0.122. The van der Waals surface area contributed by atoms with Crippen LogP contribution >= 0.6 is 0 Å². The predicted octanol–water partition coefficient (Wildman–Crippen LogP) is 6.68. The minimum absolute atomic E-state index is 0.138. The molecule has 4 aromatic rings. The highest BCUT2D eigenvalue weighted by Gasteiger charge is 2.43. The number of carbonyl (C=O) groups is 1. The number of ether oxygens (including phenoxy) is 1. The van der Waals surface area contributed by atoms with Gasteiger partial charge in [0.05, 0.1) is 18.1 Å². The van der Waals surface area contributed by atoms with Crippen molar-refractivity contribution < 1.29 is 14.6 Å². The van der Waals surface area contributed by atoms with E-state index in [0.29, 0.717) is 13.0 Å². The van der Waals surface area contributed by atoms with E-state index in [1.165, 1.54) is 0 Å². The van der Waals surface area contributed by atoms with Crippen LogP contribution in [0, 0.1) is 0 Å². The van der Waals surface area contributed by atoms with Gasteiger partial charge in [-0.1, -0.05) is 91.0 Å². The summed E-state index contributed by atoms with van der Waals surface area (Å²) < 4.78 is 6.39. The van der Waals surface area contributed by atoms with Crippen molar-refractivity contribution in [3.63, 3.8) is 0 Å². The van der Waals surface area contributed by atoms with Crippen LogP contribution in [0.5, 0.6) is 5.75 Å². The molecule has 0 spiro atoms. The maximum atomic E-state index is 13.2. The lowest BCUT2D eigenvalue weighted by Crippen LogP contribution is -2.47. The molecule has 0 radical (unpaired) electrons. The molecule has 3 N–H and O–H groups in total. The van der Waals surface area contributed by atoms with Crippen molar-refractivity contribution in [2.45, 2.75) is 56.8 Å². The van der Waals surface area contributed by atoms with Gasteiger partial charge in [-0.25, -0.2) is 0 Å². The standard InChI is InChI=1S/C36H40N2O3/c1-35(2,21-22-36(34(37)40,30-12-5-3-6-13-30)31-14-7-4-8-15-31)38-23-20-33(25-38)41-26-27-10-9-11-29(24-27)28-16-18-32(39)19-17-28/h3-19,24,33,39H,20-23,25-26H2,1-2H3,(H2,37,40)/t33-/m0/s1. The normalized spacial score (nSPS) is 16.1. The molecular formula is C36H40N2O3. The number of amides is 1. The van der Waals surface area contributed by atoms with Gasteiger partial charge in [-0.15, -0.1) is 0 Å². The Morgan fingerprint density at radius 3 is 2.10 bits per heavy atom. The van der Waals surface area contributed by atoms with E-state index in [4.69, 9.17) is 10.5 Å². The Kier molecular flexibility index (Phi) is 8.57. The van der Waals surface area contributed by atoms with Crippen LogP contribution in [-0.4, -0.2) is 40.6 Å². The molecule has 1 saturated heterocycles. The highest BCUT2D eigenvalue weighted by molar-refractivity contribution is 5.90. The van der Waals surface area contributed by atoms with E-state index in [-0.39, 0.29) is 23.3 Å². The predicted molar refractivity (Wildman–Crippen MR) is 164 cm³/mol. The lowest BCUT2D eigenvalue weighted by atomic mass is 9.69. The van der Waals surface area contributed by atoms with Gasteiger partial charge in [0.15, 0.2) is 0 Å². The zero-order valence-corrected chi connectivity index (χ0v) is 24.0. The molecule has 41 heavy (non-hydrogen) atoms. The molecule has 1 aliphatic rings. The van der Waals surface area contributed by atoms with Gasteiger partial charge in [-0.05, 0) is 79.1 Å². The molecule has 0 aliphatic carbocycles. The number of rotatable bonds is 11. The van der Waals surface area contributed by atoms with Crippen LogP contribution in [0.4, 0.5) is 0 Å². The largest absolute Gasteiger partial charge is 0.508 e. The van der Waals surface area contributed by atoms with Crippen molar-refractivity contribution in [1.29, 1.82) is 0 Å². The third-order valence-electron chi connectivity index (χ3n) is 8.68. The van der Waals surface area contributed by atoms with Crippen molar-refractivity contribution in [1.82, 2.24) is 4.90 Å². The molecule has 1 heterocycles. The number of likely N-dealkylation sites (tertiary alicyclic amines) is 1. The van der Waals surface area contributed by atoms with Gasteiger partial charge in [-0.3, -0.25) is 9.69 Å². The summed E-state index contributed by atoms with van der Waals surface area (Å²) in [4.78, 5) is 15.7. The Balaban J connectivity index is 1.24.